The molecule has 1 aromatic carbocycles. The van der Waals surface area contributed by atoms with Gasteiger partial charge in [0, 0.05) is 6.42 Å². The lowest BCUT2D eigenvalue weighted by atomic mass is 9.78. The Morgan fingerprint density at radius 3 is 2.10 bits per heavy atom. The molecular formula is C27H45FO. The first-order valence-electron chi connectivity index (χ1n) is 12.6. The Labute approximate surface area is 179 Å². The van der Waals surface area contributed by atoms with Crippen LogP contribution in [0.2, 0.25) is 0 Å². The van der Waals surface area contributed by atoms with Crippen LogP contribution in [0, 0.1) is 11.8 Å². The van der Waals surface area contributed by atoms with Crippen molar-refractivity contribution in [2.24, 2.45) is 11.8 Å². The minimum absolute atomic E-state index is 0.480. The molecule has 0 aromatic heterocycles. The molecule has 0 aliphatic heterocycles. The lowest BCUT2D eigenvalue weighted by molar-refractivity contribution is 0.222. The van der Waals surface area contributed by atoms with Crippen molar-refractivity contribution in [2.75, 3.05) is 6.61 Å². The highest BCUT2D eigenvalue weighted by Crippen LogP contribution is 2.34. The Hall–Kier alpha value is -1.05. The van der Waals surface area contributed by atoms with Gasteiger partial charge in [0.1, 0.15) is 11.9 Å². The largest absolute Gasteiger partial charge is 0.493 e. The first kappa shape index (κ1) is 24.2. The van der Waals surface area contributed by atoms with Crippen LogP contribution in [0.4, 0.5) is 4.39 Å². The molecular weight excluding hydrogens is 359 g/mol. The molecule has 1 aliphatic rings. The number of benzene rings is 1. The highest BCUT2D eigenvalue weighted by atomic mass is 19.1. The van der Waals surface area contributed by atoms with Gasteiger partial charge < -0.3 is 4.74 Å². The molecule has 1 atom stereocenters. The highest BCUT2D eigenvalue weighted by Gasteiger charge is 2.20. The van der Waals surface area contributed by atoms with Gasteiger partial charge in [-0.25, -0.2) is 4.39 Å². The monoisotopic (exact) mass is 404 g/mol. The summed E-state index contributed by atoms with van der Waals surface area (Å²) < 4.78 is 19.5. The average Bonchev–Trinajstić information content (AvgIpc) is 2.74. The number of aryl methyl sites for hydroxylation is 1. The second kappa shape index (κ2) is 14.9. The summed E-state index contributed by atoms with van der Waals surface area (Å²) in [5.74, 6) is 2.80. The maximum atomic E-state index is 13.8. The molecule has 1 aromatic rings. The molecule has 0 radical (unpaired) electrons. The lowest BCUT2D eigenvalue weighted by Gasteiger charge is -2.28. The molecule has 0 spiro atoms. The summed E-state index contributed by atoms with van der Waals surface area (Å²) in [4.78, 5) is 0. The Kier molecular flexibility index (Phi) is 12.4. The smallest absolute Gasteiger partial charge is 0.119 e. The van der Waals surface area contributed by atoms with E-state index in [1.807, 2.05) is 0 Å². The maximum Gasteiger partial charge on any atom is 0.119 e. The Balaban J connectivity index is 1.57. The standard InChI is InChI=1S/C27H45FO/c1-3-5-7-9-23-11-13-24(14-12-23)15-16-25-17-19-27(20-18-25)29-22-21-26(28)10-8-6-4-2/h17-20,23-24,26H,3-16,21-22H2,1-2H3/t23?,24?,26-/m0/s1. The third kappa shape index (κ3) is 10.5. The number of hydrogen-bond acceptors (Lipinski definition) is 1. The Bertz CT molecular complexity index is 504. The van der Waals surface area contributed by atoms with Crippen molar-refractivity contribution in [3.8, 4) is 5.75 Å². The molecule has 2 rings (SSSR count). The number of alkyl halides is 1. The summed E-state index contributed by atoms with van der Waals surface area (Å²) in [7, 11) is 0. The highest BCUT2D eigenvalue weighted by molar-refractivity contribution is 5.27. The van der Waals surface area contributed by atoms with Crippen LogP contribution in [0.3, 0.4) is 0 Å². The maximum absolute atomic E-state index is 13.8. The zero-order valence-corrected chi connectivity index (χ0v) is 19.1. The summed E-state index contributed by atoms with van der Waals surface area (Å²) >= 11 is 0. The van der Waals surface area contributed by atoms with Crippen LogP contribution in [0.1, 0.15) is 109 Å². The van der Waals surface area contributed by atoms with Gasteiger partial charge in [-0.05, 0) is 48.8 Å². The van der Waals surface area contributed by atoms with E-state index in [-0.39, 0.29) is 0 Å². The predicted octanol–water partition coefficient (Wildman–Crippen LogP) is 8.69. The van der Waals surface area contributed by atoms with Gasteiger partial charge in [0.25, 0.3) is 0 Å². The minimum atomic E-state index is -0.720. The van der Waals surface area contributed by atoms with E-state index in [0.717, 1.165) is 36.8 Å². The summed E-state index contributed by atoms with van der Waals surface area (Å²) in [5, 5.41) is 0. The van der Waals surface area contributed by atoms with E-state index in [9.17, 15) is 4.39 Å². The van der Waals surface area contributed by atoms with Crippen molar-refractivity contribution in [1.29, 1.82) is 0 Å². The van der Waals surface area contributed by atoms with Crippen LogP contribution in [-0.4, -0.2) is 12.8 Å². The number of rotatable bonds is 15. The van der Waals surface area contributed by atoms with E-state index in [1.165, 1.54) is 69.8 Å². The average molecular weight is 405 g/mol. The van der Waals surface area contributed by atoms with Crippen LogP contribution in [0.15, 0.2) is 24.3 Å². The third-order valence-corrected chi connectivity index (χ3v) is 6.77. The van der Waals surface area contributed by atoms with Crippen LogP contribution >= 0.6 is 0 Å². The van der Waals surface area contributed by atoms with Crippen molar-refractivity contribution in [3.05, 3.63) is 29.8 Å². The molecule has 0 bridgehead atoms. The zero-order chi connectivity index (χ0) is 20.7. The fraction of sp³-hybridized carbons (Fsp3) is 0.778. The van der Waals surface area contributed by atoms with Crippen molar-refractivity contribution in [1.82, 2.24) is 0 Å². The van der Waals surface area contributed by atoms with E-state index >= 15 is 0 Å². The number of halogens is 1. The lowest BCUT2D eigenvalue weighted by Crippen LogP contribution is -2.15. The molecule has 0 saturated heterocycles. The quantitative estimate of drug-likeness (QED) is 0.266. The third-order valence-electron chi connectivity index (χ3n) is 6.77. The van der Waals surface area contributed by atoms with Gasteiger partial charge in [-0.1, -0.05) is 96.6 Å². The normalized spacial score (nSPS) is 20.5. The number of ether oxygens (including phenoxy) is 1. The van der Waals surface area contributed by atoms with E-state index in [1.54, 1.807) is 0 Å². The molecule has 166 valence electrons. The molecule has 0 amide bonds. The number of unbranched alkanes of at least 4 members (excludes halogenated alkanes) is 4. The van der Waals surface area contributed by atoms with Crippen LogP contribution in [0.25, 0.3) is 0 Å². The summed E-state index contributed by atoms with van der Waals surface area (Å²) in [5.41, 5.74) is 1.41. The van der Waals surface area contributed by atoms with Gasteiger partial charge in [-0.2, -0.15) is 0 Å². The summed E-state index contributed by atoms with van der Waals surface area (Å²) in [6.07, 6.45) is 17.7. The van der Waals surface area contributed by atoms with Crippen LogP contribution < -0.4 is 4.74 Å². The van der Waals surface area contributed by atoms with Gasteiger partial charge in [0.15, 0.2) is 0 Å². The first-order valence-corrected chi connectivity index (χ1v) is 12.6. The van der Waals surface area contributed by atoms with Gasteiger partial charge >= 0.3 is 0 Å². The molecule has 1 saturated carbocycles. The molecule has 29 heavy (non-hydrogen) atoms. The van der Waals surface area contributed by atoms with Gasteiger partial charge in [-0.3, -0.25) is 0 Å². The van der Waals surface area contributed by atoms with Gasteiger partial charge in [0.2, 0.25) is 0 Å². The van der Waals surface area contributed by atoms with E-state index < -0.39 is 6.17 Å². The Morgan fingerprint density at radius 1 is 0.828 bits per heavy atom. The van der Waals surface area contributed by atoms with Crippen molar-refractivity contribution in [3.63, 3.8) is 0 Å². The van der Waals surface area contributed by atoms with Gasteiger partial charge in [0.05, 0.1) is 6.61 Å². The van der Waals surface area contributed by atoms with Crippen LogP contribution in [0.5, 0.6) is 5.75 Å². The Morgan fingerprint density at radius 2 is 1.45 bits per heavy atom. The van der Waals surface area contributed by atoms with Crippen molar-refractivity contribution >= 4 is 0 Å². The zero-order valence-electron chi connectivity index (χ0n) is 19.1. The molecule has 0 heterocycles. The van der Waals surface area contributed by atoms with E-state index in [4.69, 9.17) is 4.74 Å². The van der Waals surface area contributed by atoms with Crippen molar-refractivity contribution in [2.45, 2.75) is 116 Å². The SMILES string of the molecule is CCCCCC1CCC(CCc2ccc(OCC[C@@H](F)CCCCC)cc2)CC1. The molecule has 2 heteroatoms. The fourth-order valence-electron chi connectivity index (χ4n) is 4.68. The predicted molar refractivity (Wildman–Crippen MR) is 124 cm³/mol. The van der Waals surface area contributed by atoms with Crippen molar-refractivity contribution < 1.29 is 9.13 Å². The second-order valence-electron chi connectivity index (χ2n) is 9.30. The first-order chi connectivity index (χ1) is 14.2. The molecule has 0 N–H and O–H groups in total. The topological polar surface area (TPSA) is 9.23 Å². The van der Waals surface area contributed by atoms with Crippen LogP contribution in [-0.2, 0) is 6.42 Å². The van der Waals surface area contributed by atoms with E-state index in [2.05, 4.69) is 38.1 Å². The second-order valence-corrected chi connectivity index (χ2v) is 9.30. The number of hydrogen-bond donors (Lipinski definition) is 0. The summed E-state index contributed by atoms with van der Waals surface area (Å²) in [6, 6.07) is 8.51. The molecule has 1 fully saturated rings. The van der Waals surface area contributed by atoms with Gasteiger partial charge in [-0.15, -0.1) is 0 Å². The molecule has 1 aliphatic carbocycles. The molecule has 0 unspecified atom stereocenters. The van der Waals surface area contributed by atoms with E-state index in [0.29, 0.717) is 19.4 Å². The molecule has 1 nitrogen and oxygen atoms in total. The fourth-order valence-corrected chi connectivity index (χ4v) is 4.68. The minimum Gasteiger partial charge on any atom is -0.493 e. The summed E-state index contributed by atoms with van der Waals surface area (Å²) in [6.45, 7) is 4.93.